The van der Waals surface area contributed by atoms with Gasteiger partial charge in [0.05, 0.1) is 10.5 Å². The minimum Gasteiger partial charge on any atom is -0.481 e. The number of thiophene rings is 1. The molecular formula is C21H14ClF2NO4S2. The third-order valence-electron chi connectivity index (χ3n) is 4.72. The van der Waals surface area contributed by atoms with Crippen molar-refractivity contribution in [3.05, 3.63) is 76.9 Å². The fourth-order valence-electron chi connectivity index (χ4n) is 3.24. The predicted octanol–water partition coefficient (Wildman–Crippen LogP) is 5.56. The second kappa shape index (κ2) is 8.07. The zero-order chi connectivity index (χ0) is 22.3. The molecule has 2 heterocycles. The number of halogens is 3. The van der Waals surface area contributed by atoms with E-state index in [1.165, 1.54) is 42.6 Å². The molecule has 0 radical (unpaired) electrons. The molecule has 0 bridgehead atoms. The van der Waals surface area contributed by atoms with Gasteiger partial charge in [0.15, 0.2) is 0 Å². The molecule has 0 fully saturated rings. The molecule has 0 aliphatic carbocycles. The highest BCUT2D eigenvalue weighted by Gasteiger charge is 2.24. The summed E-state index contributed by atoms with van der Waals surface area (Å²) in [5.41, 5.74) is 1.24. The van der Waals surface area contributed by atoms with Crippen LogP contribution in [0.2, 0.25) is 5.02 Å². The molecule has 2 aromatic heterocycles. The third-order valence-corrected chi connectivity index (χ3v) is 8.29. The van der Waals surface area contributed by atoms with Crippen molar-refractivity contribution in [2.45, 2.75) is 17.1 Å². The molecule has 0 aliphatic heterocycles. The first-order chi connectivity index (χ1) is 14.7. The van der Waals surface area contributed by atoms with Gasteiger partial charge in [0.25, 0.3) is 10.0 Å². The number of rotatable bonds is 6. The summed E-state index contributed by atoms with van der Waals surface area (Å²) >= 11 is 6.81. The largest absolute Gasteiger partial charge is 0.481 e. The maximum atomic E-state index is 13.8. The molecule has 0 amide bonds. The lowest BCUT2D eigenvalue weighted by Gasteiger charge is -2.05. The quantitative estimate of drug-likeness (QED) is 0.391. The van der Waals surface area contributed by atoms with Crippen LogP contribution in [0.4, 0.5) is 8.78 Å². The van der Waals surface area contributed by atoms with E-state index in [2.05, 4.69) is 0 Å². The van der Waals surface area contributed by atoms with Gasteiger partial charge in [0, 0.05) is 22.9 Å². The van der Waals surface area contributed by atoms with Gasteiger partial charge in [-0.25, -0.2) is 12.8 Å². The maximum Gasteiger partial charge on any atom is 0.303 e. The van der Waals surface area contributed by atoms with Gasteiger partial charge in [-0.15, -0.1) is 11.3 Å². The average Bonchev–Trinajstić information content (AvgIpc) is 3.34. The van der Waals surface area contributed by atoms with Gasteiger partial charge in [-0.1, -0.05) is 17.7 Å². The molecule has 4 rings (SSSR count). The summed E-state index contributed by atoms with van der Waals surface area (Å²) in [6, 6.07) is 10.8. The van der Waals surface area contributed by atoms with E-state index in [1.807, 2.05) is 0 Å². The number of benzene rings is 2. The molecule has 0 saturated carbocycles. The lowest BCUT2D eigenvalue weighted by atomic mass is 10.1. The lowest BCUT2D eigenvalue weighted by molar-refractivity contribution is -0.136. The second-order valence-electron chi connectivity index (χ2n) is 6.76. The Morgan fingerprint density at radius 1 is 1.10 bits per heavy atom. The Labute approximate surface area is 185 Å². The number of carboxylic acid groups (broad SMARTS) is 1. The van der Waals surface area contributed by atoms with Crippen molar-refractivity contribution < 1.29 is 27.1 Å². The first-order valence-corrected chi connectivity index (χ1v) is 11.6. The van der Waals surface area contributed by atoms with Gasteiger partial charge in [-0.3, -0.25) is 4.79 Å². The number of carbonyl (C=O) groups is 1. The normalized spacial score (nSPS) is 11.8. The van der Waals surface area contributed by atoms with Crippen molar-refractivity contribution in [1.82, 2.24) is 3.97 Å². The van der Waals surface area contributed by atoms with E-state index in [0.717, 1.165) is 21.4 Å². The number of aromatic nitrogens is 1. The summed E-state index contributed by atoms with van der Waals surface area (Å²) in [6.45, 7) is 0. The van der Waals surface area contributed by atoms with E-state index < -0.39 is 27.6 Å². The zero-order valence-corrected chi connectivity index (χ0v) is 18.1. The number of fused-ring (bicyclic) bond motifs is 1. The summed E-state index contributed by atoms with van der Waals surface area (Å²) in [5.74, 6) is -2.17. The molecule has 31 heavy (non-hydrogen) atoms. The van der Waals surface area contributed by atoms with Gasteiger partial charge < -0.3 is 5.11 Å². The third kappa shape index (κ3) is 4.08. The fourth-order valence-corrected chi connectivity index (χ4v) is 6.20. The number of hydrogen-bond acceptors (Lipinski definition) is 4. The summed E-state index contributed by atoms with van der Waals surface area (Å²) in [6.07, 6.45) is 1.17. The molecule has 0 aliphatic rings. The Balaban J connectivity index is 1.79. The highest BCUT2D eigenvalue weighted by atomic mass is 35.5. The van der Waals surface area contributed by atoms with Crippen molar-refractivity contribution >= 4 is 49.8 Å². The number of aryl methyl sites for hydroxylation is 1. The maximum absolute atomic E-state index is 13.8. The first-order valence-electron chi connectivity index (χ1n) is 8.99. The van der Waals surface area contributed by atoms with Crippen molar-refractivity contribution in [1.29, 1.82) is 0 Å². The Morgan fingerprint density at radius 2 is 1.87 bits per heavy atom. The van der Waals surface area contributed by atoms with E-state index in [-0.39, 0.29) is 27.6 Å². The SMILES string of the molecule is O=C(O)CCc1cn(S(=O)(=O)c2ccc(-c3ccc(F)c(Cl)c3)s2)c2ccc(F)cc12. The smallest absolute Gasteiger partial charge is 0.303 e. The standard InChI is InChI=1S/C21H14ClF2NO4S2/c22-16-9-12(1-4-17(16)24)19-6-8-21(30-19)31(28,29)25-11-13(2-7-20(26)27)15-10-14(23)3-5-18(15)25/h1,3-6,8-11H,2,7H2,(H,26,27). The van der Waals surface area contributed by atoms with Crippen LogP contribution >= 0.6 is 22.9 Å². The van der Waals surface area contributed by atoms with E-state index >= 15 is 0 Å². The summed E-state index contributed by atoms with van der Waals surface area (Å²) in [7, 11) is -4.04. The predicted molar refractivity (Wildman–Crippen MR) is 115 cm³/mol. The van der Waals surface area contributed by atoms with Crippen LogP contribution < -0.4 is 0 Å². The number of nitrogens with zero attached hydrogens (tertiary/aromatic N) is 1. The first kappa shape index (κ1) is 21.5. The highest BCUT2D eigenvalue weighted by Crippen LogP contribution is 2.35. The molecule has 0 spiro atoms. The van der Waals surface area contributed by atoms with Crippen LogP contribution in [0.1, 0.15) is 12.0 Å². The van der Waals surface area contributed by atoms with Crippen LogP contribution in [0.25, 0.3) is 21.3 Å². The minimum absolute atomic E-state index is 0.0222. The molecule has 0 saturated heterocycles. The lowest BCUT2D eigenvalue weighted by Crippen LogP contribution is -2.10. The molecule has 4 aromatic rings. The van der Waals surface area contributed by atoms with Crippen molar-refractivity contribution in [3.8, 4) is 10.4 Å². The van der Waals surface area contributed by atoms with Crippen molar-refractivity contribution in [2.75, 3.05) is 0 Å². The molecule has 0 atom stereocenters. The van der Waals surface area contributed by atoms with Crippen LogP contribution in [-0.4, -0.2) is 23.5 Å². The van der Waals surface area contributed by atoms with Crippen LogP contribution in [0.15, 0.2) is 58.9 Å². The van der Waals surface area contributed by atoms with Crippen molar-refractivity contribution in [2.24, 2.45) is 0 Å². The zero-order valence-electron chi connectivity index (χ0n) is 15.7. The number of carboxylic acids is 1. The molecule has 160 valence electrons. The van der Waals surface area contributed by atoms with Crippen molar-refractivity contribution in [3.63, 3.8) is 0 Å². The summed E-state index contributed by atoms with van der Waals surface area (Å²) < 4.78 is 54.9. The van der Waals surface area contributed by atoms with Gasteiger partial charge in [-0.2, -0.15) is 8.42 Å². The second-order valence-corrected chi connectivity index (χ2v) is 10.3. The van der Waals surface area contributed by atoms with E-state index in [1.54, 1.807) is 6.07 Å². The number of aliphatic carboxylic acids is 1. The molecule has 1 N–H and O–H groups in total. The average molecular weight is 482 g/mol. The van der Waals surface area contributed by atoms with Crippen LogP contribution in [-0.2, 0) is 21.2 Å². The fraction of sp³-hybridized carbons (Fsp3) is 0.0952. The molecule has 10 heteroatoms. The van der Waals surface area contributed by atoms with E-state index in [9.17, 15) is 22.0 Å². The Kier molecular flexibility index (Phi) is 5.59. The van der Waals surface area contributed by atoms with Crippen LogP contribution in [0.3, 0.4) is 0 Å². The van der Waals surface area contributed by atoms with Gasteiger partial charge in [0.2, 0.25) is 0 Å². The number of hydrogen-bond donors (Lipinski definition) is 1. The molecule has 2 aromatic carbocycles. The highest BCUT2D eigenvalue weighted by molar-refractivity contribution is 7.92. The summed E-state index contributed by atoms with van der Waals surface area (Å²) in [5, 5.41) is 9.23. The van der Waals surface area contributed by atoms with Gasteiger partial charge >= 0.3 is 5.97 Å². The molecular weight excluding hydrogens is 468 g/mol. The van der Waals surface area contributed by atoms with Crippen LogP contribution in [0.5, 0.6) is 0 Å². The Morgan fingerprint density at radius 3 is 2.58 bits per heavy atom. The monoisotopic (exact) mass is 481 g/mol. The summed E-state index contributed by atoms with van der Waals surface area (Å²) in [4.78, 5) is 11.5. The van der Waals surface area contributed by atoms with Crippen LogP contribution in [0, 0.1) is 11.6 Å². The molecule has 0 unspecified atom stereocenters. The Bertz CT molecular complexity index is 1430. The Hall–Kier alpha value is -2.75. The molecule has 5 nitrogen and oxygen atoms in total. The minimum atomic E-state index is -4.04. The van der Waals surface area contributed by atoms with E-state index in [4.69, 9.17) is 16.7 Å². The van der Waals surface area contributed by atoms with Gasteiger partial charge in [-0.05, 0) is 60.0 Å². The van der Waals surface area contributed by atoms with E-state index in [0.29, 0.717) is 21.4 Å². The topological polar surface area (TPSA) is 76.4 Å². The van der Waals surface area contributed by atoms with Gasteiger partial charge in [0.1, 0.15) is 15.8 Å².